The zero-order valence-corrected chi connectivity index (χ0v) is 14.6. The molecule has 1 N–H and O–H groups in total. The van der Waals surface area contributed by atoms with Crippen molar-refractivity contribution in [2.75, 3.05) is 13.1 Å². The van der Waals surface area contributed by atoms with Crippen LogP contribution in [0.25, 0.3) is 0 Å². The van der Waals surface area contributed by atoms with Crippen LogP contribution in [-0.2, 0) is 17.8 Å². The number of hydrogen-bond donors (Lipinski definition) is 1. The number of aryl methyl sites for hydroxylation is 1. The zero-order valence-electron chi connectivity index (χ0n) is 13.8. The Labute approximate surface area is 146 Å². The van der Waals surface area contributed by atoms with Crippen molar-refractivity contribution in [3.63, 3.8) is 0 Å². The van der Waals surface area contributed by atoms with Gasteiger partial charge in [-0.3, -0.25) is 9.59 Å². The van der Waals surface area contributed by atoms with Crippen LogP contribution in [0.15, 0.2) is 41.8 Å². The van der Waals surface area contributed by atoms with Gasteiger partial charge in [-0.1, -0.05) is 37.3 Å². The SMILES string of the molecule is CCc1ccsc1C(=O)NC[C@H]1CC(=O)N(Cc2ccccc2)C1. The molecule has 1 aliphatic rings. The molecule has 2 amide bonds. The average molecular weight is 342 g/mol. The van der Waals surface area contributed by atoms with E-state index >= 15 is 0 Å². The fourth-order valence-electron chi connectivity index (χ4n) is 3.08. The Bertz CT molecular complexity index is 711. The third-order valence-electron chi connectivity index (χ3n) is 4.40. The molecule has 0 spiro atoms. The van der Waals surface area contributed by atoms with Gasteiger partial charge in [0.15, 0.2) is 0 Å². The summed E-state index contributed by atoms with van der Waals surface area (Å²) >= 11 is 1.48. The van der Waals surface area contributed by atoms with Gasteiger partial charge in [0.25, 0.3) is 5.91 Å². The first-order valence-electron chi connectivity index (χ1n) is 8.33. The molecule has 2 aromatic rings. The summed E-state index contributed by atoms with van der Waals surface area (Å²) in [4.78, 5) is 27.2. The van der Waals surface area contributed by atoms with E-state index in [1.807, 2.05) is 46.7 Å². The Balaban J connectivity index is 1.52. The summed E-state index contributed by atoms with van der Waals surface area (Å²) in [6.45, 7) is 3.96. The summed E-state index contributed by atoms with van der Waals surface area (Å²) in [6, 6.07) is 12.0. The maximum absolute atomic E-state index is 12.3. The molecule has 0 saturated carbocycles. The Morgan fingerprint density at radius 1 is 1.29 bits per heavy atom. The monoisotopic (exact) mass is 342 g/mol. The van der Waals surface area contributed by atoms with Crippen LogP contribution in [0.1, 0.15) is 34.1 Å². The van der Waals surface area contributed by atoms with Gasteiger partial charge in [-0.25, -0.2) is 0 Å². The summed E-state index contributed by atoms with van der Waals surface area (Å²) in [6.07, 6.45) is 1.37. The number of carbonyl (C=O) groups excluding carboxylic acids is 2. The molecule has 1 aromatic carbocycles. The molecule has 126 valence electrons. The molecular weight excluding hydrogens is 320 g/mol. The second kappa shape index (κ2) is 7.62. The highest BCUT2D eigenvalue weighted by Crippen LogP contribution is 2.21. The van der Waals surface area contributed by atoms with Crippen molar-refractivity contribution in [3.8, 4) is 0 Å². The van der Waals surface area contributed by atoms with Gasteiger partial charge in [0.1, 0.15) is 0 Å². The van der Waals surface area contributed by atoms with Crippen LogP contribution in [0, 0.1) is 5.92 Å². The second-order valence-electron chi connectivity index (χ2n) is 6.17. The molecule has 0 radical (unpaired) electrons. The Morgan fingerprint density at radius 2 is 2.08 bits per heavy atom. The Kier molecular flexibility index (Phi) is 5.30. The highest BCUT2D eigenvalue weighted by Gasteiger charge is 2.29. The number of nitrogens with one attached hydrogen (secondary N) is 1. The van der Waals surface area contributed by atoms with E-state index in [1.165, 1.54) is 11.3 Å². The summed E-state index contributed by atoms with van der Waals surface area (Å²) in [5, 5.41) is 4.95. The Hall–Kier alpha value is -2.14. The minimum atomic E-state index is -0.0178. The van der Waals surface area contributed by atoms with E-state index in [2.05, 4.69) is 12.2 Å². The number of likely N-dealkylation sites (tertiary alicyclic amines) is 1. The zero-order chi connectivity index (χ0) is 16.9. The molecule has 0 aliphatic carbocycles. The number of rotatable bonds is 6. The van der Waals surface area contributed by atoms with Crippen LogP contribution in [0.5, 0.6) is 0 Å². The molecule has 1 aromatic heterocycles. The van der Waals surface area contributed by atoms with Crippen LogP contribution in [0.3, 0.4) is 0 Å². The van der Waals surface area contributed by atoms with Gasteiger partial charge in [0.05, 0.1) is 4.88 Å². The highest BCUT2D eigenvalue weighted by atomic mass is 32.1. The van der Waals surface area contributed by atoms with Gasteiger partial charge < -0.3 is 10.2 Å². The van der Waals surface area contributed by atoms with Crippen molar-refractivity contribution in [3.05, 3.63) is 57.8 Å². The van der Waals surface area contributed by atoms with Crippen molar-refractivity contribution < 1.29 is 9.59 Å². The predicted molar refractivity (Wildman–Crippen MR) is 96.0 cm³/mol. The highest BCUT2D eigenvalue weighted by molar-refractivity contribution is 7.12. The molecule has 5 heteroatoms. The maximum Gasteiger partial charge on any atom is 0.261 e. The largest absolute Gasteiger partial charge is 0.351 e. The first kappa shape index (κ1) is 16.7. The average Bonchev–Trinajstić information content (AvgIpc) is 3.20. The lowest BCUT2D eigenvalue weighted by molar-refractivity contribution is -0.128. The lowest BCUT2D eigenvalue weighted by Gasteiger charge is -2.17. The second-order valence-corrected chi connectivity index (χ2v) is 7.08. The number of carbonyl (C=O) groups is 2. The number of amides is 2. The molecule has 2 heterocycles. The summed E-state index contributed by atoms with van der Waals surface area (Å²) in [7, 11) is 0. The van der Waals surface area contributed by atoms with E-state index in [0.717, 1.165) is 22.4 Å². The normalized spacial score (nSPS) is 17.3. The summed E-state index contributed by atoms with van der Waals surface area (Å²) < 4.78 is 0. The number of benzene rings is 1. The smallest absolute Gasteiger partial charge is 0.261 e. The van der Waals surface area contributed by atoms with E-state index in [0.29, 0.717) is 26.1 Å². The van der Waals surface area contributed by atoms with Gasteiger partial charge in [-0.2, -0.15) is 0 Å². The van der Waals surface area contributed by atoms with Gasteiger partial charge in [-0.15, -0.1) is 11.3 Å². The fraction of sp³-hybridized carbons (Fsp3) is 0.368. The van der Waals surface area contributed by atoms with E-state index in [-0.39, 0.29) is 17.7 Å². The van der Waals surface area contributed by atoms with Crippen LogP contribution in [0.4, 0.5) is 0 Å². The van der Waals surface area contributed by atoms with Gasteiger partial charge in [-0.05, 0) is 29.0 Å². The van der Waals surface area contributed by atoms with Crippen molar-refractivity contribution >= 4 is 23.2 Å². The number of hydrogen-bond acceptors (Lipinski definition) is 3. The lowest BCUT2D eigenvalue weighted by atomic mass is 10.1. The first-order chi connectivity index (χ1) is 11.7. The molecule has 4 nitrogen and oxygen atoms in total. The van der Waals surface area contributed by atoms with Gasteiger partial charge >= 0.3 is 0 Å². The minimum absolute atomic E-state index is 0.0178. The van der Waals surface area contributed by atoms with Crippen LogP contribution < -0.4 is 5.32 Å². The van der Waals surface area contributed by atoms with Crippen molar-refractivity contribution in [1.29, 1.82) is 0 Å². The fourth-order valence-corrected chi connectivity index (χ4v) is 3.99. The van der Waals surface area contributed by atoms with Crippen molar-refractivity contribution in [1.82, 2.24) is 10.2 Å². The summed E-state index contributed by atoms with van der Waals surface area (Å²) in [5.41, 5.74) is 2.23. The van der Waals surface area contributed by atoms with E-state index in [9.17, 15) is 9.59 Å². The topological polar surface area (TPSA) is 49.4 Å². The maximum atomic E-state index is 12.3. The molecule has 1 fully saturated rings. The Morgan fingerprint density at radius 3 is 2.83 bits per heavy atom. The third kappa shape index (κ3) is 3.85. The van der Waals surface area contributed by atoms with E-state index in [4.69, 9.17) is 0 Å². The van der Waals surface area contributed by atoms with Gasteiger partial charge in [0, 0.05) is 32.0 Å². The molecule has 3 rings (SSSR count). The molecular formula is C19H22N2O2S. The molecule has 24 heavy (non-hydrogen) atoms. The molecule has 1 atom stereocenters. The van der Waals surface area contributed by atoms with Crippen molar-refractivity contribution in [2.24, 2.45) is 5.92 Å². The standard InChI is InChI=1S/C19H22N2O2S/c1-2-16-8-9-24-18(16)19(23)20-11-15-10-17(22)21(13-15)12-14-6-4-3-5-7-14/h3-9,15H,2,10-13H2,1H3,(H,20,23)/t15-/m1/s1. The number of nitrogens with zero attached hydrogens (tertiary/aromatic N) is 1. The van der Waals surface area contributed by atoms with Crippen LogP contribution in [-0.4, -0.2) is 29.8 Å². The number of thiophene rings is 1. The van der Waals surface area contributed by atoms with Crippen LogP contribution in [0.2, 0.25) is 0 Å². The minimum Gasteiger partial charge on any atom is -0.351 e. The van der Waals surface area contributed by atoms with E-state index in [1.54, 1.807) is 0 Å². The lowest BCUT2D eigenvalue weighted by Crippen LogP contribution is -2.31. The van der Waals surface area contributed by atoms with Crippen LogP contribution >= 0.6 is 11.3 Å². The first-order valence-corrected chi connectivity index (χ1v) is 9.21. The predicted octanol–water partition coefficient (Wildman–Crippen LogP) is 3.09. The molecule has 1 aliphatic heterocycles. The van der Waals surface area contributed by atoms with E-state index < -0.39 is 0 Å². The molecule has 0 unspecified atom stereocenters. The summed E-state index contributed by atoms with van der Waals surface area (Å²) in [5.74, 6) is 0.342. The molecule has 0 bridgehead atoms. The quantitative estimate of drug-likeness (QED) is 0.877. The molecule has 1 saturated heterocycles. The van der Waals surface area contributed by atoms with Gasteiger partial charge in [0.2, 0.25) is 5.91 Å². The van der Waals surface area contributed by atoms with Crippen molar-refractivity contribution in [2.45, 2.75) is 26.3 Å². The third-order valence-corrected chi connectivity index (χ3v) is 5.35.